The highest BCUT2D eigenvalue weighted by Gasteiger charge is 2.27. The van der Waals surface area contributed by atoms with Crippen molar-refractivity contribution in [3.8, 4) is 5.75 Å². The van der Waals surface area contributed by atoms with Crippen LogP contribution in [0.1, 0.15) is 30.7 Å². The molecule has 0 bridgehead atoms. The third-order valence-electron chi connectivity index (χ3n) is 2.62. The van der Waals surface area contributed by atoms with E-state index < -0.39 is 0 Å². The van der Waals surface area contributed by atoms with Crippen LogP contribution in [0.2, 0.25) is 0 Å². The van der Waals surface area contributed by atoms with Crippen molar-refractivity contribution in [2.24, 2.45) is 0 Å². The Kier molecular flexibility index (Phi) is 2.05. The maximum absolute atomic E-state index is 11.4. The Morgan fingerprint density at radius 3 is 2.69 bits per heavy atom. The molecule has 1 aromatic rings. The van der Waals surface area contributed by atoms with Gasteiger partial charge < -0.3 is 5.11 Å². The molecule has 68 valence electrons. The van der Waals surface area contributed by atoms with Gasteiger partial charge in [-0.25, -0.2) is 0 Å². The second-order valence-electron chi connectivity index (χ2n) is 3.47. The molecule has 0 aliphatic heterocycles. The van der Waals surface area contributed by atoms with E-state index in [1.54, 1.807) is 12.1 Å². The van der Waals surface area contributed by atoms with Crippen molar-refractivity contribution >= 4 is 5.78 Å². The SMILES string of the molecule is O=C1CCCC1c1ccccc1O. The van der Waals surface area contributed by atoms with Crippen molar-refractivity contribution in [1.29, 1.82) is 0 Å². The Balaban J connectivity index is 2.34. The minimum Gasteiger partial charge on any atom is -0.508 e. The average molecular weight is 176 g/mol. The first-order chi connectivity index (χ1) is 6.29. The van der Waals surface area contributed by atoms with Crippen LogP contribution in [-0.4, -0.2) is 10.9 Å². The molecule has 1 saturated carbocycles. The highest BCUT2D eigenvalue weighted by Crippen LogP contribution is 2.35. The molecule has 2 rings (SSSR count). The summed E-state index contributed by atoms with van der Waals surface area (Å²) in [7, 11) is 0. The number of hydrogen-bond acceptors (Lipinski definition) is 2. The van der Waals surface area contributed by atoms with Crippen molar-refractivity contribution in [2.75, 3.05) is 0 Å². The van der Waals surface area contributed by atoms with Gasteiger partial charge in [-0.05, 0) is 18.9 Å². The number of benzene rings is 1. The minimum absolute atomic E-state index is 0.0544. The van der Waals surface area contributed by atoms with Gasteiger partial charge in [0.05, 0.1) is 0 Å². The smallest absolute Gasteiger partial charge is 0.140 e. The molecule has 1 aliphatic rings. The van der Waals surface area contributed by atoms with Crippen molar-refractivity contribution in [1.82, 2.24) is 0 Å². The fraction of sp³-hybridized carbons (Fsp3) is 0.364. The number of phenolic OH excluding ortho intramolecular Hbond substituents is 1. The standard InChI is InChI=1S/C11H12O2/c12-10-6-2-1-4-8(10)9-5-3-7-11(9)13/h1-2,4,6,9,12H,3,5,7H2. The molecular formula is C11H12O2. The minimum atomic E-state index is -0.0544. The lowest BCUT2D eigenvalue weighted by atomic mass is 9.96. The predicted molar refractivity (Wildman–Crippen MR) is 49.7 cm³/mol. The van der Waals surface area contributed by atoms with Gasteiger partial charge >= 0.3 is 0 Å². The molecule has 0 heterocycles. The van der Waals surface area contributed by atoms with Crippen LogP contribution in [0.15, 0.2) is 24.3 Å². The van der Waals surface area contributed by atoms with Gasteiger partial charge in [0.15, 0.2) is 0 Å². The number of para-hydroxylation sites is 1. The molecule has 0 spiro atoms. The molecule has 1 atom stereocenters. The second-order valence-corrected chi connectivity index (χ2v) is 3.47. The predicted octanol–water partition coefficient (Wildman–Crippen LogP) is 2.23. The zero-order valence-corrected chi connectivity index (χ0v) is 7.36. The van der Waals surface area contributed by atoms with Crippen LogP contribution in [0, 0.1) is 0 Å². The number of hydrogen-bond donors (Lipinski definition) is 1. The number of phenols is 1. The van der Waals surface area contributed by atoms with E-state index in [2.05, 4.69) is 0 Å². The topological polar surface area (TPSA) is 37.3 Å². The molecule has 1 unspecified atom stereocenters. The second kappa shape index (κ2) is 3.21. The van der Waals surface area contributed by atoms with Crippen LogP contribution in [0.5, 0.6) is 5.75 Å². The van der Waals surface area contributed by atoms with Gasteiger partial charge in [-0.3, -0.25) is 4.79 Å². The largest absolute Gasteiger partial charge is 0.508 e. The lowest BCUT2D eigenvalue weighted by molar-refractivity contribution is -0.118. The lowest BCUT2D eigenvalue weighted by Crippen LogP contribution is -2.03. The molecule has 0 radical (unpaired) electrons. The van der Waals surface area contributed by atoms with Crippen LogP contribution in [0.25, 0.3) is 0 Å². The summed E-state index contributed by atoms with van der Waals surface area (Å²) in [6.45, 7) is 0. The summed E-state index contributed by atoms with van der Waals surface area (Å²) < 4.78 is 0. The highest BCUT2D eigenvalue weighted by molar-refractivity contribution is 5.88. The summed E-state index contributed by atoms with van der Waals surface area (Å²) in [6.07, 6.45) is 2.51. The van der Waals surface area contributed by atoms with Gasteiger partial charge in [0, 0.05) is 17.9 Å². The summed E-state index contributed by atoms with van der Waals surface area (Å²) in [5, 5.41) is 9.54. The summed E-state index contributed by atoms with van der Waals surface area (Å²) in [4.78, 5) is 11.4. The number of aromatic hydroxyl groups is 1. The van der Waals surface area contributed by atoms with E-state index in [0.717, 1.165) is 18.4 Å². The number of carbonyl (C=O) groups is 1. The Hall–Kier alpha value is -1.31. The first-order valence-corrected chi connectivity index (χ1v) is 4.59. The first-order valence-electron chi connectivity index (χ1n) is 4.59. The fourth-order valence-electron chi connectivity index (χ4n) is 1.93. The van der Waals surface area contributed by atoms with E-state index in [1.165, 1.54) is 0 Å². The number of rotatable bonds is 1. The van der Waals surface area contributed by atoms with Crippen LogP contribution in [0.3, 0.4) is 0 Å². The monoisotopic (exact) mass is 176 g/mol. The van der Waals surface area contributed by atoms with Crippen LogP contribution in [0.4, 0.5) is 0 Å². The summed E-state index contributed by atoms with van der Waals surface area (Å²) >= 11 is 0. The van der Waals surface area contributed by atoms with E-state index in [1.807, 2.05) is 12.1 Å². The lowest BCUT2D eigenvalue weighted by Gasteiger charge is -2.09. The van der Waals surface area contributed by atoms with E-state index in [9.17, 15) is 9.90 Å². The maximum atomic E-state index is 11.4. The molecule has 1 aromatic carbocycles. The molecule has 0 amide bonds. The molecule has 0 saturated heterocycles. The Labute approximate surface area is 77.2 Å². The molecule has 1 N–H and O–H groups in total. The van der Waals surface area contributed by atoms with Gasteiger partial charge in [0.1, 0.15) is 11.5 Å². The third kappa shape index (κ3) is 1.44. The normalized spacial score (nSPS) is 22.2. The Morgan fingerprint density at radius 2 is 2.08 bits per heavy atom. The fourth-order valence-corrected chi connectivity index (χ4v) is 1.93. The molecule has 1 fully saturated rings. The van der Waals surface area contributed by atoms with E-state index >= 15 is 0 Å². The zero-order chi connectivity index (χ0) is 9.26. The van der Waals surface area contributed by atoms with E-state index in [0.29, 0.717) is 6.42 Å². The number of Topliss-reactive ketones (excluding diaryl/α,β-unsaturated/α-hetero) is 1. The highest BCUT2D eigenvalue weighted by atomic mass is 16.3. The van der Waals surface area contributed by atoms with Gasteiger partial charge in [-0.15, -0.1) is 0 Å². The molecule has 2 heteroatoms. The number of carbonyl (C=O) groups excluding carboxylic acids is 1. The quantitative estimate of drug-likeness (QED) is 0.712. The van der Waals surface area contributed by atoms with Crippen molar-refractivity contribution in [3.63, 3.8) is 0 Å². The molecule has 1 aliphatic carbocycles. The van der Waals surface area contributed by atoms with E-state index in [4.69, 9.17) is 0 Å². The van der Waals surface area contributed by atoms with Crippen molar-refractivity contribution in [2.45, 2.75) is 25.2 Å². The van der Waals surface area contributed by atoms with Gasteiger partial charge in [-0.1, -0.05) is 18.2 Å². The third-order valence-corrected chi connectivity index (χ3v) is 2.62. The van der Waals surface area contributed by atoms with Gasteiger partial charge in [0.2, 0.25) is 0 Å². The van der Waals surface area contributed by atoms with Crippen LogP contribution in [-0.2, 0) is 4.79 Å². The van der Waals surface area contributed by atoms with Crippen LogP contribution < -0.4 is 0 Å². The first kappa shape index (κ1) is 8.30. The van der Waals surface area contributed by atoms with Crippen LogP contribution >= 0.6 is 0 Å². The van der Waals surface area contributed by atoms with E-state index in [-0.39, 0.29) is 17.5 Å². The number of ketones is 1. The maximum Gasteiger partial charge on any atom is 0.140 e. The Morgan fingerprint density at radius 1 is 1.31 bits per heavy atom. The average Bonchev–Trinajstić information content (AvgIpc) is 2.52. The van der Waals surface area contributed by atoms with Gasteiger partial charge in [-0.2, -0.15) is 0 Å². The molecule has 13 heavy (non-hydrogen) atoms. The van der Waals surface area contributed by atoms with Crippen molar-refractivity contribution < 1.29 is 9.90 Å². The summed E-state index contributed by atoms with van der Waals surface area (Å²) in [5.74, 6) is 0.463. The summed E-state index contributed by atoms with van der Waals surface area (Å²) in [6, 6.07) is 7.11. The zero-order valence-electron chi connectivity index (χ0n) is 7.36. The molecular weight excluding hydrogens is 164 g/mol. The molecule has 0 aromatic heterocycles. The molecule has 2 nitrogen and oxygen atoms in total. The van der Waals surface area contributed by atoms with Gasteiger partial charge in [0.25, 0.3) is 0 Å². The van der Waals surface area contributed by atoms with Crippen molar-refractivity contribution in [3.05, 3.63) is 29.8 Å². The Bertz CT molecular complexity index is 331. The summed E-state index contributed by atoms with van der Waals surface area (Å²) in [5.41, 5.74) is 0.796.